The van der Waals surface area contributed by atoms with E-state index in [4.69, 9.17) is 9.63 Å². The second kappa shape index (κ2) is 3.19. The number of hydrogen-bond donors (Lipinski definition) is 1. The van der Waals surface area contributed by atoms with Gasteiger partial charge >= 0.3 is 5.97 Å². The predicted molar refractivity (Wildman–Crippen MR) is 48.2 cm³/mol. The molecule has 0 aliphatic carbocycles. The summed E-state index contributed by atoms with van der Waals surface area (Å²) in [6, 6.07) is 0. The first-order valence-electron chi connectivity index (χ1n) is 4.15. The molecule has 0 radical (unpaired) electrons. The van der Waals surface area contributed by atoms with Gasteiger partial charge in [0.25, 0.3) is 11.7 Å². The highest BCUT2D eigenvalue weighted by atomic mass is 16.5. The summed E-state index contributed by atoms with van der Waals surface area (Å²) in [7, 11) is 1.75. The Balaban J connectivity index is 2.45. The van der Waals surface area contributed by atoms with E-state index in [-0.39, 0.29) is 11.7 Å². The van der Waals surface area contributed by atoms with Gasteiger partial charge in [-0.1, -0.05) is 0 Å². The third-order valence-electron chi connectivity index (χ3n) is 1.83. The number of carbonyl (C=O) groups is 1. The van der Waals surface area contributed by atoms with E-state index in [2.05, 4.69) is 15.2 Å². The van der Waals surface area contributed by atoms with Crippen LogP contribution in [0.5, 0.6) is 0 Å². The molecule has 78 valence electrons. The van der Waals surface area contributed by atoms with Gasteiger partial charge in [0.1, 0.15) is 0 Å². The van der Waals surface area contributed by atoms with Crippen molar-refractivity contribution < 1.29 is 14.4 Å². The number of carboxylic acid groups (broad SMARTS) is 1. The Labute approximate surface area is 84.3 Å². The monoisotopic (exact) mass is 208 g/mol. The molecule has 0 spiro atoms. The number of aromatic nitrogens is 4. The molecule has 0 atom stereocenters. The van der Waals surface area contributed by atoms with E-state index in [0.717, 1.165) is 5.56 Å². The highest BCUT2D eigenvalue weighted by Gasteiger charge is 2.17. The Hall–Kier alpha value is -2.18. The second-order valence-electron chi connectivity index (χ2n) is 3.06. The minimum absolute atomic E-state index is 0.116. The van der Waals surface area contributed by atoms with Crippen LogP contribution in [0, 0.1) is 6.92 Å². The maximum absolute atomic E-state index is 10.5. The van der Waals surface area contributed by atoms with Crippen LogP contribution in [0.15, 0.2) is 10.7 Å². The highest BCUT2D eigenvalue weighted by Crippen LogP contribution is 2.18. The standard InChI is InChI=1S/C8H8N4O3/c1-4-3-12(2)10-5(4)7-9-6(8(13)14)11-15-7/h3H,1-2H3,(H,13,14). The molecule has 0 aliphatic heterocycles. The van der Waals surface area contributed by atoms with E-state index in [1.165, 1.54) is 0 Å². The summed E-state index contributed by atoms with van der Waals surface area (Å²) >= 11 is 0. The van der Waals surface area contributed by atoms with Gasteiger partial charge in [-0.15, -0.1) is 0 Å². The minimum atomic E-state index is -1.22. The van der Waals surface area contributed by atoms with E-state index in [0.29, 0.717) is 5.69 Å². The zero-order valence-electron chi connectivity index (χ0n) is 8.13. The normalized spacial score (nSPS) is 10.5. The lowest BCUT2D eigenvalue weighted by Gasteiger charge is -1.86. The topological polar surface area (TPSA) is 94.0 Å². The molecule has 0 unspecified atom stereocenters. The van der Waals surface area contributed by atoms with Crippen LogP contribution >= 0.6 is 0 Å². The Morgan fingerprint density at radius 1 is 1.60 bits per heavy atom. The quantitative estimate of drug-likeness (QED) is 0.771. The summed E-state index contributed by atoms with van der Waals surface area (Å²) in [5.74, 6) is -1.47. The fourth-order valence-corrected chi connectivity index (χ4v) is 1.22. The van der Waals surface area contributed by atoms with Crippen molar-refractivity contribution in [3.8, 4) is 11.6 Å². The molecular formula is C8H8N4O3. The lowest BCUT2D eigenvalue weighted by atomic mass is 10.3. The van der Waals surface area contributed by atoms with Crippen LogP contribution < -0.4 is 0 Å². The van der Waals surface area contributed by atoms with Crippen molar-refractivity contribution in [2.45, 2.75) is 6.92 Å². The zero-order chi connectivity index (χ0) is 11.0. The maximum Gasteiger partial charge on any atom is 0.377 e. The molecule has 0 saturated heterocycles. The number of carboxylic acids is 1. The van der Waals surface area contributed by atoms with Crippen molar-refractivity contribution in [3.05, 3.63) is 17.6 Å². The van der Waals surface area contributed by atoms with Crippen LogP contribution in [0.1, 0.15) is 16.2 Å². The Morgan fingerprint density at radius 2 is 2.33 bits per heavy atom. The number of hydrogen-bond acceptors (Lipinski definition) is 5. The SMILES string of the molecule is Cc1cn(C)nc1-c1nc(C(=O)O)no1. The predicted octanol–water partition coefficient (Wildman–Crippen LogP) is 0.477. The summed E-state index contributed by atoms with van der Waals surface area (Å²) in [5.41, 5.74) is 1.34. The molecule has 2 rings (SSSR count). The van der Waals surface area contributed by atoms with Crippen molar-refractivity contribution in [3.63, 3.8) is 0 Å². The molecule has 1 N–H and O–H groups in total. The van der Waals surface area contributed by atoms with Gasteiger partial charge in [-0.2, -0.15) is 10.1 Å². The highest BCUT2D eigenvalue weighted by molar-refractivity contribution is 5.83. The molecule has 0 bridgehead atoms. The third kappa shape index (κ3) is 1.58. The van der Waals surface area contributed by atoms with Crippen LogP contribution in [-0.2, 0) is 7.05 Å². The van der Waals surface area contributed by atoms with Crippen LogP contribution in [0.2, 0.25) is 0 Å². The van der Waals surface area contributed by atoms with Gasteiger partial charge in [-0.3, -0.25) is 4.68 Å². The van der Waals surface area contributed by atoms with Crippen molar-refractivity contribution in [2.24, 2.45) is 7.05 Å². The molecule has 0 saturated carbocycles. The number of nitrogens with zero attached hydrogens (tertiary/aromatic N) is 4. The molecule has 15 heavy (non-hydrogen) atoms. The summed E-state index contributed by atoms with van der Waals surface area (Å²) < 4.78 is 6.38. The molecule has 0 fully saturated rings. The Bertz CT molecular complexity index is 514. The van der Waals surface area contributed by atoms with Crippen molar-refractivity contribution in [1.82, 2.24) is 19.9 Å². The number of aryl methyl sites for hydroxylation is 2. The number of rotatable bonds is 2. The molecule has 0 aromatic carbocycles. The molecule has 7 heteroatoms. The maximum atomic E-state index is 10.5. The molecule has 2 aromatic rings. The van der Waals surface area contributed by atoms with Crippen molar-refractivity contribution in [2.75, 3.05) is 0 Å². The van der Waals surface area contributed by atoms with Crippen LogP contribution in [0.25, 0.3) is 11.6 Å². The number of aromatic carboxylic acids is 1. The smallest absolute Gasteiger partial charge is 0.377 e. The van der Waals surface area contributed by atoms with Gasteiger partial charge in [0.2, 0.25) is 0 Å². The first-order valence-corrected chi connectivity index (χ1v) is 4.15. The van der Waals surface area contributed by atoms with Gasteiger partial charge in [-0.05, 0) is 12.1 Å². The second-order valence-corrected chi connectivity index (χ2v) is 3.06. The van der Waals surface area contributed by atoms with E-state index < -0.39 is 5.97 Å². The Kier molecular flexibility index (Phi) is 2.00. The average molecular weight is 208 g/mol. The summed E-state index contributed by atoms with van der Waals surface area (Å²) in [5, 5.41) is 16.0. The van der Waals surface area contributed by atoms with Crippen LogP contribution in [0.4, 0.5) is 0 Å². The summed E-state index contributed by atoms with van der Waals surface area (Å²) in [6.07, 6.45) is 1.78. The summed E-state index contributed by atoms with van der Waals surface area (Å²) in [4.78, 5) is 14.2. The van der Waals surface area contributed by atoms with Gasteiger partial charge in [-0.25, -0.2) is 4.79 Å². The molecule has 7 nitrogen and oxygen atoms in total. The van der Waals surface area contributed by atoms with Crippen molar-refractivity contribution >= 4 is 5.97 Å². The first-order chi connectivity index (χ1) is 7.08. The largest absolute Gasteiger partial charge is 0.475 e. The first kappa shape index (κ1) is 9.38. The lowest BCUT2D eigenvalue weighted by molar-refractivity contribution is 0.0680. The van der Waals surface area contributed by atoms with Gasteiger partial charge in [0.05, 0.1) is 0 Å². The molecule has 2 heterocycles. The van der Waals surface area contributed by atoms with Crippen molar-refractivity contribution in [1.29, 1.82) is 0 Å². The zero-order valence-corrected chi connectivity index (χ0v) is 8.13. The summed E-state index contributed by atoms with van der Waals surface area (Å²) in [6.45, 7) is 1.83. The third-order valence-corrected chi connectivity index (χ3v) is 1.83. The molecular weight excluding hydrogens is 200 g/mol. The van der Waals surface area contributed by atoms with Crippen LogP contribution in [0.3, 0.4) is 0 Å². The molecule has 0 aliphatic rings. The van der Waals surface area contributed by atoms with E-state index in [1.54, 1.807) is 17.9 Å². The Morgan fingerprint density at radius 3 is 2.80 bits per heavy atom. The fourth-order valence-electron chi connectivity index (χ4n) is 1.22. The van der Waals surface area contributed by atoms with Gasteiger partial charge in [0.15, 0.2) is 5.69 Å². The lowest BCUT2D eigenvalue weighted by Crippen LogP contribution is -1.98. The molecule has 0 amide bonds. The van der Waals surface area contributed by atoms with E-state index >= 15 is 0 Å². The fraction of sp³-hybridized carbons (Fsp3) is 0.250. The van der Waals surface area contributed by atoms with Gasteiger partial charge in [0, 0.05) is 18.8 Å². The minimum Gasteiger partial charge on any atom is -0.475 e. The molecule has 2 aromatic heterocycles. The van der Waals surface area contributed by atoms with Gasteiger partial charge < -0.3 is 9.63 Å². The van der Waals surface area contributed by atoms with E-state index in [1.807, 2.05) is 6.92 Å². The average Bonchev–Trinajstić information content (AvgIpc) is 2.71. The van der Waals surface area contributed by atoms with E-state index in [9.17, 15) is 4.79 Å². The van der Waals surface area contributed by atoms with Crippen LogP contribution in [-0.4, -0.2) is 31.0 Å².